The monoisotopic (exact) mass is 545 g/mol. The average Bonchev–Trinajstić information content (AvgIpc) is 2.77. The van der Waals surface area contributed by atoms with Gasteiger partial charge in [-0.3, -0.25) is 0 Å². The first kappa shape index (κ1) is 25.4. The van der Waals surface area contributed by atoms with Crippen LogP contribution in [0.2, 0.25) is 0 Å². The minimum Gasteiger partial charge on any atom is -0.450 e. The quantitative estimate of drug-likeness (QED) is 0.343. The largest absolute Gasteiger partial charge is 0.450 e. The second-order valence-corrected chi connectivity index (χ2v) is 7.66. The van der Waals surface area contributed by atoms with E-state index in [0.29, 0.717) is 26.2 Å². The third kappa shape index (κ3) is 7.37. The van der Waals surface area contributed by atoms with Crippen LogP contribution in [0, 0.1) is 0 Å². The Morgan fingerprint density at radius 1 is 1.10 bits per heavy atom. The van der Waals surface area contributed by atoms with Gasteiger partial charge >= 0.3 is 6.09 Å². The van der Waals surface area contributed by atoms with Crippen LogP contribution < -0.4 is 10.2 Å². The fourth-order valence-electron chi connectivity index (χ4n) is 3.67. The van der Waals surface area contributed by atoms with E-state index < -0.39 is 0 Å². The molecule has 10 heteroatoms. The van der Waals surface area contributed by atoms with Crippen LogP contribution in [0.3, 0.4) is 0 Å². The van der Waals surface area contributed by atoms with E-state index in [1.165, 1.54) is 0 Å². The second kappa shape index (κ2) is 12.9. The van der Waals surface area contributed by atoms with Crippen LogP contribution in [0.15, 0.2) is 23.3 Å². The van der Waals surface area contributed by atoms with Gasteiger partial charge in [-0.1, -0.05) is 0 Å². The number of ether oxygens (including phenoxy) is 1. The Bertz CT molecular complexity index is 717. The molecule has 1 amide bonds. The summed E-state index contributed by atoms with van der Waals surface area (Å²) < 4.78 is 5.11. The lowest BCUT2D eigenvalue weighted by Gasteiger charge is -2.36. The fraction of sp³-hybridized carbons (Fsp3) is 0.667. The van der Waals surface area contributed by atoms with Gasteiger partial charge in [0.05, 0.1) is 13.2 Å². The number of carbonyl (C=O) groups is 1. The molecule has 0 unspecified atom stereocenters. The number of anilines is 1. The van der Waals surface area contributed by atoms with E-state index >= 15 is 0 Å². The molecule has 0 atom stereocenters. The van der Waals surface area contributed by atoms with Gasteiger partial charge < -0.3 is 29.7 Å². The van der Waals surface area contributed by atoms with Crippen molar-refractivity contribution in [1.82, 2.24) is 25.0 Å². The number of hydrogen-bond acceptors (Lipinski definition) is 6. The van der Waals surface area contributed by atoms with Crippen LogP contribution in [0.5, 0.6) is 0 Å². The summed E-state index contributed by atoms with van der Waals surface area (Å²) in [5, 5.41) is 3.38. The number of carbonyl (C=O) groups excluding carboxylic acids is 1. The molecule has 31 heavy (non-hydrogen) atoms. The molecule has 3 rings (SSSR count). The number of aromatic nitrogens is 1. The van der Waals surface area contributed by atoms with Crippen molar-refractivity contribution in [3.05, 3.63) is 23.9 Å². The predicted octanol–water partition coefficient (Wildman–Crippen LogP) is 1.69. The van der Waals surface area contributed by atoms with E-state index in [0.717, 1.165) is 63.2 Å². The number of nitrogens with one attached hydrogen (secondary N) is 1. The SMILES string of the molecule is CCNC(=NCc1ccnc(N2CCN(C)CC2)c1)N1CCN(C(=O)OCC)CC1.I. The summed E-state index contributed by atoms with van der Waals surface area (Å²) in [6.07, 6.45) is 1.65. The van der Waals surface area contributed by atoms with E-state index in [-0.39, 0.29) is 30.1 Å². The minimum atomic E-state index is -0.229. The maximum absolute atomic E-state index is 11.9. The van der Waals surface area contributed by atoms with Gasteiger partial charge in [0.1, 0.15) is 5.82 Å². The Morgan fingerprint density at radius 3 is 2.42 bits per heavy atom. The summed E-state index contributed by atoms with van der Waals surface area (Å²) in [7, 11) is 2.16. The number of piperazine rings is 2. The average molecular weight is 545 g/mol. The Hall–Kier alpha value is -1.82. The number of pyridine rings is 1. The smallest absolute Gasteiger partial charge is 0.409 e. The molecule has 0 bridgehead atoms. The number of likely N-dealkylation sites (N-methyl/N-ethyl adjacent to an activating group) is 1. The van der Waals surface area contributed by atoms with Crippen molar-refractivity contribution in [2.24, 2.45) is 4.99 Å². The lowest BCUT2D eigenvalue weighted by atomic mass is 10.2. The molecule has 2 saturated heterocycles. The molecular formula is C21H36IN7O2. The molecule has 0 spiro atoms. The normalized spacial score (nSPS) is 17.9. The zero-order chi connectivity index (χ0) is 21.3. The van der Waals surface area contributed by atoms with E-state index in [1.807, 2.05) is 19.2 Å². The summed E-state index contributed by atoms with van der Waals surface area (Å²) in [6, 6.07) is 4.18. The molecular weight excluding hydrogens is 509 g/mol. The minimum absolute atomic E-state index is 0. The van der Waals surface area contributed by atoms with Crippen molar-refractivity contribution in [1.29, 1.82) is 0 Å². The van der Waals surface area contributed by atoms with Gasteiger partial charge in [-0.25, -0.2) is 14.8 Å². The molecule has 0 radical (unpaired) electrons. The van der Waals surface area contributed by atoms with Crippen molar-refractivity contribution in [3.63, 3.8) is 0 Å². The van der Waals surface area contributed by atoms with Crippen LogP contribution >= 0.6 is 24.0 Å². The Morgan fingerprint density at radius 2 is 1.77 bits per heavy atom. The number of hydrogen-bond donors (Lipinski definition) is 1. The van der Waals surface area contributed by atoms with Gasteiger partial charge in [0.15, 0.2) is 5.96 Å². The van der Waals surface area contributed by atoms with Gasteiger partial charge in [-0.15, -0.1) is 24.0 Å². The molecule has 3 heterocycles. The number of halogens is 1. The van der Waals surface area contributed by atoms with Gasteiger partial charge in [0.2, 0.25) is 0 Å². The molecule has 9 nitrogen and oxygen atoms in total. The highest BCUT2D eigenvalue weighted by Gasteiger charge is 2.23. The second-order valence-electron chi connectivity index (χ2n) is 7.66. The maximum Gasteiger partial charge on any atom is 0.409 e. The third-order valence-corrected chi connectivity index (χ3v) is 5.49. The topological polar surface area (TPSA) is 76.5 Å². The number of aliphatic imine (C=N–C) groups is 1. The molecule has 1 aromatic rings. The van der Waals surface area contributed by atoms with Crippen molar-refractivity contribution in [2.45, 2.75) is 20.4 Å². The van der Waals surface area contributed by atoms with E-state index in [4.69, 9.17) is 9.73 Å². The first-order valence-corrected chi connectivity index (χ1v) is 10.9. The molecule has 0 aromatic carbocycles. The lowest BCUT2D eigenvalue weighted by molar-refractivity contribution is 0.0914. The van der Waals surface area contributed by atoms with E-state index in [9.17, 15) is 4.79 Å². The zero-order valence-electron chi connectivity index (χ0n) is 18.9. The number of guanidine groups is 1. The molecule has 2 aliphatic heterocycles. The highest BCUT2D eigenvalue weighted by atomic mass is 127. The van der Waals surface area contributed by atoms with E-state index in [1.54, 1.807) is 4.90 Å². The third-order valence-electron chi connectivity index (χ3n) is 5.49. The molecule has 1 N–H and O–H groups in total. The summed E-state index contributed by atoms with van der Waals surface area (Å²) in [4.78, 5) is 30.0. The summed E-state index contributed by atoms with van der Waals surface area (Å²) in [5.41, 5.74) is 1.15. The first-order valence-electron chi connectivity index (χ1n) is 10.9. The predicted molar refractivity (Wildman–Crippen MR) is 134 cm³/mol. The summed E-state index contributed by atoms with van der Waals surface area (Å²) in [5.74, 6) is 1.92. The Labute approximate surface area is 202 Å². The fourth-order valence-corrected chi connectivity index (χ4v) is 3.67. The van der Waals surface area contributed by atoms with Crippen molar-refractivity contribution >= 4 is 41.8 Å². The maximum atomic E-state index is 11.9. The molecule has 0 aliphatic carbocycles. The molecule has 2 fully saturated rings. The van der Waals surface area contributed by atoms with Crippen LogP contribution in [0.1, 0.15) is 19.4 Å². The lowest BCUT2D eigenvalue weighted by Crippen LogP contribution is -2.53. The van der Waals surface area contributed by atoms with Gasteiger partial charge in [-0.05, 0) is 38.6 Å². The Balaban J connectivity index is 0.00000341. The number of amides is 1. The van der Waals surface area contributed by atoms with Crippen molar-refractivity contribution in [2.75, 3.05) is 77.5 Å². The van der Waals surface area contributed by atoms with Crippen LogP contribution in [0.25, 0.3) is 0 Å². The molecule has 1 aromatic heterocycles. The van der Waals surface area contributed by atoms with Crippen LogP contribution in [-0.4, -0.2) is 104 Å². The Kier molecular flexibility index (Phi) is 10.6. The number of rotatable bonds is 5. The standard InChI is InChI=1S/C21H35N7O2.HI/c1-4-22-20(27-12-14-28(15-13-27)21(29)30-5-2)24-17-18-6-7-23-19(16-18)26-10-8-25(3)9-11-26;/h6-7,16H,4-5,8-15,17H2,1-3H3,(H,22,24);1H. The van der Waals surface area contributed by atoms with Crippen LogP contribution in [-0.2, 0) is 11.3 Å². The number of nitrogens with zero attached hydrogens (tertiary/aromatic N) is 6. The summed E-state index contributed by atoms with van der Waals surface area (Å²) >= 11 is 0. The van der Waals surface area contributed by atoms with Gasteiger partial charge in [-0.2, -0.15) is 0 Å². The van der Waals surface area contributed by atoms with E-state index in [2.05, 4.69) is 45.0 Å². The molecule has 0 saturated carbocycles. The first-order chi connectivity index (χ1) is 14.6. The molecule has 174 valence electrons. The highest BCUT2D eigenvalue weighted by molar-refractivity contribution is 14.0. The summed E-state index contributed by atoms with van der Waals surface area (Å²) in [6.45, 7) is 12.6. The van der Waals surface area contributed by atoms with Crippen molar-refractivity contribution in [3.8, 4) is 0 Å². The van der Waals surface area contributed by atoms with Crippen LogP contribution in [0.4, 0.5) is 10.6 Å². The van der Waals surface area contributed by atoms with Crippen molar-refractivity contribution < 1.29 is 9.53 Å². The molecule has 2 aliphatic rings. The van der Waals surface area contributed by atoms with Gasteiger partial charge in [0.25, 0.3) is 0 Å². The zero-order valence-corrected chi connectivity index (χ0v) is 21.2. The van der Waals surface area contributed by atoms with Gasteiger partial charge in [0, 0.05) is 65.1 Å². The highest BCUT2D eigenvalue weighted by Crippen LogP contribution is 2.15.